The van der Waals surface area contributed by atoms with Crippen molar-refractivity contribution < 1.29 is 5.11 Å². The van der Waals surface area contributed by atoms with Crippen molar-refractivity contribution in [1.82, 2.24) is 0 Å². The number of benzene rings is 1. The van der Waals surface area contributed by atoms with Gasteiger partial charge in [0.15, 0.2) is 0 Å². The first-order valence-corrected chi connectivity index (χ1v) is 6.21. The lowest BCUT2D eigenvalue weighted by Crippen LogP contribution is -1.98. The van der Waals surface area contributed by atoms with Gasteiger partial charge in [-0.3, -0.25) is 0 Å². The second-order valence-electron chi connectivity index (χ2n) is 4.22. The van der Waals surface area contributed by atoms with Gasteiger partial charge < -0.3 is 5.11 Å². The van der Waals surface area contributed by atoms with E-state index in [4.69, 9.17) is 0 Å². The van der Waals surface area contributed by atoms with E-state index in [2.05, 4.69) is 19.9 Å². The topological polar surface area (TPSA) is 20.2 Å². The van der Waals surface area contributed by atoms with Crippen LogP contribution < -0.4 is 0 Å². The third kappa shape index (κ3) is 2.18. The van der Waals surface area contributed by atoms with Crippen LogP contribution in [-0.4, -0.2) is 5.11 Å². The summed E-state index contributed by atoms with van der Waals surface area (Å²) in [4.78, 5) is 2.31. The fourth-order valence-corrected chi connectivity index (χ4v) is 2.97. The second kappa shape index (κ2) is 4.40. The van der Waals surface area contributed by atoms with Gasteiger partial charge >= 0.3 is 0 Å². The molecule has 1 atom stereocenters. The molecule has 0 saturated heterocycles. The van der Waals surface area contributed by atoms with Crippen molar-refractivity contribution in [3.8, 4) is 0 Å². The third-order valence-electron chi connectivity index (χ3n) is 2.69. The predicted octanol–water partition coefficient (Wildman–Crippen LogP) is 3.76. The van der Waals surface area contributed by atoms with Gasteiger partial charge in [-0.05, 0) is 38.0 Å². The van der Waals surface area contributed by atoms with Crippen molar-refractivity contribution >= 4 is 11.3 Å². The minimum Gasteiger partial charge on any atom is -0.383 e. The van der Waals surface area contributed by atoms with Gasteiger partial charge in [-0.25, -0.2) is 0 Å². The number of hydrogen-bond donors (Lipinski definition) is 1. The molecule has 1 nitrogen and oxygen atoms in total. The van der Waals surface area contributed by atoms with Gasteiger partial charge in [-0.2, -0.15) is 0 Å². The first kappa shape index (κ1) is 11.4. The molecule has 0 amide bonds. The van der Waals surface area contributed by atoms with Crippen LogP contribution in [0.5, 0.6) is 0 Å². The Morgan fingerprint density at radius 1 is 1.12 bits per heavy atom. The summed E-state index contributed by atoms with van der Waals surface area (Å²) < 4.78 is 0. The Hall–Kier alpha value is -1.12. The Kier molecular flexibility index (Phi) is 3.13. The number of aryl methyl sites for hydroxylation is 3. The van der Waals surface area contributed by atoms with Gasteiger partial charge in [0.25, 0.3) is 0 Å². The number of aliphatic hydroxyl groups excluding tert-OH is 1. The number of hydrogen-bond acceptors (Lipinski definition) is 2. The largest absolute Gasteiger partial charge is 0.383 e. The zero-order valence-electron chi connectivity index (χ0n) is 9.82. The quantitative estimate of drug-likeness (QED) is 0.836. The summed E-state index contributed by atoms with van der Waals surface area (Å²) in [6, 6.07) is 10.2. The van der Waals surface area contributed by atoms with Crippen LogP contribution >= 0.6 is 11.3 Å². The summed E-state index contributed by atoms with van der Waals surface area (Å²) in [5, 5.41) is 10.3. The Morgan fingerprint density at radius 2 is 1.88 bits per heavy atom. The zero-order valence-corrected chi connectivity index (χ0v) is 10.6. The molecule has 1 heterocycles. The Bertz CT molecular complexity index is 499. The van der Waals surface area contributed by atoms with Crippen molar-refractivity contribution in [2.75, 3.05) is 0 Å². The molecule has 0 aliphatic carbocycles. The summed E-state index contributed by atoms with van der Waals surface area (Å²) in [6.07, 6.45) is -0.487. The van der Waals surface area contributed by atoms with Crippen molar-refractivity contribution in [2.45, 2.75) is 26.9 Å². The zero-order chi connectivity index (χ0) is 11.7. The summed E-state index contributed by atoms with van der Waals surface area (Å²) >= 11 is 1.67. The number of rotatable bonds is 2. The lowest BCUT2D eigenvalue weighted by Gasteiger charge is -2.11. The Labute approximate surface area is 100 Å². The Morgan fingerprint density at radius 3 is 2.44 bits per heavy atom. The molecule has 2 aromatic rings. The van der Waals surface area contributed by atoms with E-state index in [0.717, 1.165) is 10.4 Å². The third-order valence-corrected chi connectivity index (χ3v) is 3.89. The maximum atomic E-state index is 10.3. The van der Waals surface area contributed by atoms with Crippen LogP contribution in [0.15, 0.2) is 30.3 Å². The first-order valence-electron chi connectivity index (χ1n) is 5.39. The van der Waals surface area contributed by atoms with Crippen LogP contribution in [0, 0.1) is 20.8 Å². The van der Waals surface area contributed by atoms with E-state index in [1.165, 1.54) is 16.0 Å². The predicted molar refractivity (Wildman–Crippen MR) is 69.0 cm³/mol. The van der Waals surface area contributed by atoms with Crippen molar-refractivity contribution in [3.05, 3.63) is 56.8 Å². The molecule has 1 aromatic carbocycles. The minimum atomic E-state index is -0.487. The van der Waals surface area contributed by atoms with E-state index >= 15 is 0 Å². The molecule has 1 N–H and O–H groups in total. The fraction of sp³-hybridized carbons (Fsp3) is 0.286. The standard InChI is InChI=1S/C14H16OS/c1-9-5-4-6-12(7-9)13(15)14-10(2)8-11(3)16-14/h4-8,13,15H,1-3H3. The van der Waals surface area contributed by atoms with E-state index < -0.39 is 6.10 Å². The minimum absolute atomic E-state index is 0.487. The van der Waals surface area contributed by atoms with Crippen LogP contribution in [0.4, 0.5) is 0 Å². The average molecular weight is 232 g/mol. The van der Waals surface area contributed by atoms with Gasteiger partial charge in [-0.1, -0.05) is 29.8 Å². The highest BCUT2D eigenvalue weighted by molar-refractivity contribution is 7.12. The lowest BCUT2D eigenvalue weighted by atomic mass is 10.0. The first-order chi connectivity index (χ1) is 7.58. The molecule has 0 spiro atoms. The van der Waals surface area contributed by atoms with Crippen LogP contribution in [-0.2, 0) is 0 Å². The molecule has 16 heavy (non-hydrogen) atoms. The molecule has 2 heteroatoms. The summed E-state index contributed by atoms with van der Waals surface area (Å²) in [5.41, 5.74) is 3.34. The van der Waals surface area contributed by atoms with Crippen LogP contribution in [0.2, 0.25) is 0 Å². The normalized spacial score (nSPS) is 12.8. The van der Waals surface area contributed by atoms with Crippen LogP contribution in [0.25, 0.3) is 0 Å². The van der Waals surface area contributed by atoms with Crippen molar-refractivity contribution in [2.24, 2.45) is 0 Å². The van der Waals surface area contributed by atoms with E-state index in [9.17, 15) is 5.11 Å². The number of aliphatic hydroxyl groups is 1. The van der Waals surface area contributed by atoms with Gasteiger partial charge in [0.1, 0.15) is 6.10 Å². The Balaban J connectivity index is 2.38. The van der Waals surface area contributed by atoms with E-state index in [-0.39, 0.29) is 0 Å². The maximum absolute atomic E-state index is 10.3. The molecule has 1 unspecified atom stereocenters. The monoisotopic (exact) mass is 232 g/mol. The van der Waals surface area contributed by atoms with Gasteiger partial charge in [0.05, 0.1) is 0 Å². The van der Waals surface area contributed by atoms with Gasteiger partial charge in [0.2, 0.25) is 0 Å². The van der Waals surface area contributed by atoms with Crippen LogP contribution in [0.1, 0.15) is 32.5 Å². The highest BCUT2D eigenvalue weighted by Crippen LogP contribution is 2.31. The van der Waals surface area contributed by atoms with Crippen molar-refractivity contribution in [3.63, 3.8) is 0 Å². The van der Waals surface area contributed by atoms with Crippen LogP contribution in [0.3, 0.4) is 0 Å². The second-order valence-corrected chi connectivity index (χ2v) is 5.51. The van der Waals surface area contributed by atoms with E-state index in [1.54, 1.807) is 11.3 Å². The fourth-order valence-electron chi connectivity index (χ4n) is 1.92. The van der Waals surface area contributed by atoms with Gasteiger partial charge in [-0.15, -0.1) is 11.3 Å². The van der Waals surface area contributed by atoms with E-state index in [0.29, 0.717) is 0 Å². The van der Waals surface area contributed by atoms with Crippen molar-refractivity contribution in [1.29, 1.82) is 0 Å². The molecule has 0 aliphatic heterocycles. The SMILES string of the molecule is Cc1cccc(C(O)c2sc(C)cc2C)c1. The highest BCUT2D eigenvalue weighted by atomic mass is 32.1. The number of thiophene rings is 1. The molecule has 0 radical (unpaired) electrons. The molecule has 0 saturated carbocycles. The summed E-state index contributed by atoms with van der Waals surface area (Å²) in [5.74, 6) is 0. The molecule has 2 rings (SSSR count). The summed E-state index contributed by atoms with van der Waals surface area (Å²) in [6.45, 7) is 6.17. The van der Waals surface area contributed by atoms with Gasteiger partial charge in [0, 0.05) is 9.75 Å². The molecule has 0 fully saturated rings. The average Bonchev–Trinajstić information content (AvgIpc) is 2.57. The molecular weight excluding hydrogens is 216 g/mol. The molecule has 84 valence electrons. The molecule has 0 aliphatic rings. The smallest absolute Gasteiger partial charge is 0.113 e. The maximum Gasteiger partial charge on any atom is 0.113 e. The highest BCUT2D eigenvalue weighted by Gasteiger charge is 2.15. The molecular formula is C14H16OS. The summed E-state index contributed by atoms with van der Waals surface area (Å²) in [7, 11) is 0. The van der Waals surface area contributed by atoms with E-state index in [1.807, 2.05) is 31.2 Å². The molecule has 0 bridgehead atoms. The molecule has 1 aromatic heterocycles. The lowest BCUT2D eigenvalue weighted by molar-refractivity contribution is 0.223.